The number of hydrogen-bond donors (Lipinski definition) is 1. The predicted octanol–water partition coefficient (Wildman–Crippen LogP) is 3.51. The van der Waals surface area contributed by atoms with Gasteiger partial charge in [0.15, 0.2) is 5.82 Å². The lowest BCUT2D eigenvalue weighted by Crippen LogP contribution is -2.15. The number of halogens is 4. The van der Waals surface area contributed by atoms with E-state index in [-0.39, 0.29) is 15.9 Å². The molecule has 4 nitrogen and oxygen atoms in total. The van der Waals surface area contributed by atoms with Gasteiger partial charge < -0.3 is 5.32 Å². The number of amides is 1. The van der Waals surface area contributed by atoms with Crippen LogP contribution in [0.2, 0.25) is 0 Å². The quantitative estimate of drug-likeness (QED) is 0.906. The van der Waals surface area contributed by atoms with Gasteiger partial charge in [0.25, 0.3) is 5.91 Å². The summed E-state index contributed by atoms with van der Waals surface area (Å²) < 4.78 is 38.1. The summed E-state index contributed by atoms with van der Waals surface area (Å²) in [6.45, 7) is 0. The molecule has 2 aromatic rings. The molecule has 2 rings (SSSR count). The molecule has 0 atom stereocenters. The first-order valence-electron chi connectivity index (χ1n) is 5.34. The molecule has 0 fully saturated rings. The molecule has 0 radical (unpaired) electrons. The van der Waals surface area contributed by atoms with E-state index in [9.17, 15) is 18.0 Å². The summed E-state index contributed by atoms with van der Waals surface area (Å²) in [5.41, 5.74) is -1.03. The number of alkyl halides is 3. The van der Waals surface area contributed by atoms with Gasteiger partial charge in [-0.1, -0.05) is 15.9 Å². The van der Waals surface area contributed by atoms with Gasteiger partial charge in [0, 0.05) is 16.2 Å². The Morgan fingerprint density at radius 3 is 2.60 bits per heavy atom. The summed E-state index contributed by atoms with van der Waals surface area (Å²) in [4.78, 5) is 11.8. The van der Waals surface area contributed by atoms with Crippen molar-refractivity contribution < 1.29 is 18.0 Å². The average molecular weight is 346 g/mol. The summed E-state index contributed by atoms with van der Waals surface area (Å²) in [5.74, 6) is -0.530. The van der Waals surface area contributed by atoms with E-state index >= 15 is 0 Å². The molecule has 8 heteroatoms. The van der Waals surface area contributed by atoms with E-state index in [0.29, 0.717) is 0 Å². The van der Waals surface area contributed by atoms with E-state index in [2.05, 4.69) is 31.4 Å². The van der Waals surface area contributed by atoms with Crippen molar-refractivity contribution in [3.63, 3.8) is 0 Å². The predicted molar refractivity (Wildman–Crippen MR) is 69.1 cm³/mol. The van der Waals surface area contributed by atoms with Crippen LogP contribution in [0.1, 0.15) is 15.9 Å². The number of rotatable bonds is 2. The third-order valence-electron chi connectivity index (χ3n) is 2.35. The van der Waals surface area contributed by atoms with Crippen LogP contribution in [0.5, 0.6) is 0 Å². The van der Waals surface area contributed by atoms with Crippen LogP contribution < -0.4 is 5.32 Å². The highest BCUT2D eigenvalue weighted by molar-refractivity contribution is 9.10. The maximum atomic E-state index is 12.7. The molecule has 20 heavy (non-hydrogen) atoms. The van der Waals surface area contributed by atoms with Gasteiger partial charge in [0.2, 0.25) is 0 Å². The SMILES string of the molecule is O=C(Nc1cccnn1)c1ccc(Br)c(C(F)(F)F)c1. The number of benzene rings is 1. The highest BCUT2D eigenvalue weighted by Crippen LogP contribution is 2.35. The van der Waals surface area contributed by atoms with Crippen LogP contribution in [0.3, 0.4) is 0 Å². The van der Waals surface area contributed by atoms with Crippen LogP contribution >= 0.6 is 15.9 Å². The van der Waals surface area contributed by atoms with E-state index in [1.54, 1.807) is 6.07 Å². The minimum atomic E-state index is -4.54. The number of carbonyl (C=O) groups is 1. The monoisotopic (exact) mass is 345 g/mol. The van der Waals surface area contributed by atoms with Gasteiger partial charge >= 0.3 is 6.18 Å². The molecule has 1 N–H and O–H groups in total. The molecule has 1 aromatic heterocycles. The molecule has 0 aliphatic carbocycles. The van der Waals surface area contributed by atoms with Crippen molar-refractivity contribution in [3.05, 3.63) is 52.1 Å². The first kappa shape index (κ1) is 14.4. The van der Waals surface area contributed by atoms with Crippen molar-refractivity contribution in [2.45, 2.75) is 6.18 Å². The summed E-state index contributed by atoms with van der Waals surface area (Å²) in [5, 5.41) is 9.53. The summed E-state index contributed by atoms with van der Waals surface area (Å²) >= 11 is 2.81. The minimum absolute atomic E-state index is 0.119. The Labute approximate surface area is 120 Å². The number of hydrogen-bond acceptors (Lipinski definition) is 3. The van der Waals surface area contributed by atoms with E-state index in [1.165, 1.54) is 24.4 Å². The first-order chi connectivity index (χ1) is 9.38. The van der Waals surface area contributed by atoms with Gasteiger partial charge in [0.1, 0.15) is 0 Å². The van der Waals surface area contributed by atoms with E-state index in [1.807, 2.05) is 0 Å². The first-order valence-corrected chi connectivity index (χ1v) is 6.13. The van der Waals surface area contributed by atoms with Crippen molar-refractivity contribution in [2.24, 2.45) is 0 Å². The zero-order valence-corrected chi connectivity index (χ0v) is 11.4. The third kappa shape index (κ3) is 3.32. The Balaban J connectivity index is 2.27. The molecular formula is C12H7BrF3N3O. The minimum Gasteiger partial charge on any atom is -0.305 e. The average Bonchev–Trinajstić information content (AvgIpc) is 2.39. The molecule has 104 valence electrons. The third-order valence-corrected chi connectivity index (χ3v) is 3.04. The lowest BCUT2D eigenvalue weighted by Gasteiger charge is -2.11. The van der Waals surface area contributed by atoms with E-state index in [0.717, 1.165) is 6.07 Å². The van der Waals surface area contributed by atoms with E-state index in [4.69, 9.17) is 0 Å². The zero-order valence-electron chi connectivity index (χ0n) is 9.78. The molecule has 1 aromatic carbocycles. The topological polar surface area (TPSA) is 54.9 Å². The van der Waals surface area contributed by atoms with Gasteiger partial charge in [-0.2, -0.15) is 18.3 Å². The van der Waals surface area contributed by atoms with E-state index < -0.39 is 17.6 Å². The molecule has 0 aliphatic heterocycles. The normalized spacial score (nSPS) is 11.2. The second kappa shape index (κ2) is 5.58. The highest BCUT2D eigenvalue weighted by atomic mass is 79.9. The van der Waals surface area contributed by atoms with Crippen molar-refractivity contribution in [1.29, 1.82) is 0 Å². The van der Waals surface area contributed by atoms with Gasteiger partial charge in [-0.05, 0) is 30.3 Å². The summed E-state index contributed by atoms with van der Waals surface area (Å²) in [6.07, 6.45) is -3.13. The van der Waals surface area contributed by atoms with Gasteiger partial charge in [-0.15, -0.1) is 5.10 Å². The number of nitrogens with zero attached hydrogens (tertiary/aromatic N) is 2. The smallest absolute Gasteiger partial charge is 0.305 e. The standard InChI is InChI=1S/C12H7BrF3N3O/c13-9-4-3-7(6-8(9)12(14,15)16)11(20)18-10-2-1-5-17-19-10/h1-6H,(H,18,19,20). The Hall–Kier alpha value is -1.96. The van der Waals surface area contributed by atoms with Crippen LogP contribution in [-0.4, -0.2) is 16.1 Å². The lowest BCUT2D eigenvalue weighted by atomic mass is 10.1. The maximum Gasteiger partial charge on any atom is 0.417 e. The Morgan fingerprint density at radius 2 is 2.00 bits per heavy atom. The number of carbonyl (C=O) groups excluding carboxylic acids is 1. The molecule has 0 bridgehead atoms. The fourth-order valence-electron chi connectivity index (χ4n) is 1.44. The summed E-state index contributed by atoms with van der Waals surface area (Å²) in [7, 11) is 0. The van der Waals surface area contributed by atoms with Gasteiger partial charge in [0.05, 0.1) is 5.56 Å². The molecule has 0 unspecified atom stereocenters. The molecule has 1 heterocycles. The largest absolute Gasteiger partial charge is 0.417 e. The van der Waals surface area contributed by atoms with Gasteiger partial charge in [-0.25, -0.2) is 0 Å². The molecule has 0 saturated heterocycles. The Bertz CT molecular complexity index is 632. The van der Waals surface area contributed by atoms with Crippen LogP contribution in [0.15, 0.2) is 41.0 Å². The maximum absolute atomic E-state index is 12.7. The molecular weight excluding hydrogens is 339 g/mol. The highest BCUT2D eigenvalue weighted by Gasteiger charge is 2.33. The Morgan fingerprint density at radius 1 is 1.25 bits per heavy atom. The zero-order chi connectivity index (χ0) is 14.8. The second-order valence-corrected chi connectivity index (χ2v) is 4.61. The fourth-order valence-corrected chi connectivity index (χ4v) is 1.91. The molecule has 0 aliphatic rings. The lowest BCUT2D eigenvalue weighted by molar-refractivity contribution is -0.138. The van der Waals surface area contributed by atoms with Crippen LogP contribution in [0.25, 0.3) is 0 Å². The molecule has 1 amide bonds. The van der Waals surface area contributed by atoms with Crippen LogP contribution in [-0.2, 0) is 6.18 Å². The number of nitrogens with one attached hydrogen (secondary N) is 1. The second-order valence-electron chi connectivity index (χ2n) is 3.76. The number of aromatic nitrogens is 2. The van der Waals surface area contributed by atoms with Crippen molar-refractivity contribution in [2.75, 3.05) is 5.32 Å². The number of anilines is 1. The fraction of sp³-hybridized carbons (Fsp3) is 0.0833. The van der Waals surface area contributed by atoms with Gasteiger partial charge in [-0.3, -0.25) is 4.79 Å². The molecule has 0 saturated carbocycles. The van der Waals surface area contributed by atoms with Crippen molar-refractivity contribution >= 4 is 27.7 Å². The summed E-state index contributed by atoms with van der Waals surface area (Å²) in [6, 6.07) is 6.26. The van der Waals surface area contributed by atoms with Crippen LogP contribution in [0.4, 0.5) is 19.0 Å². The van der Waals surface area contributed by atoms with Crippen molar-refractivity contribution in [3.8, 4) is 0 Å². The Kier molecular flexibility index (Phi) is 4.03. The van der Waals surface area contributed by atoms with Crippen LogP contribution in [0, 0.1) is 0 Å². The molecule has 0 spiro atoms. The van der Waals surface area contributed by atoms with Crippen molar-refractivity contribution in [1.82, 2.24) is 10.2 Å².